The van der Waals surface area contributed by atoms with Crippen LogP contribution in [0.5, 0.6) is 0 Å². The number of nitrogens with zero attached hydrogens (tertiary/aromatic N) is 4. The van der Waals surface area contributed by atoms with Crippen LogP contribution in [0.3, 0.4) is 0 Å². The molecule has 1 fully saturated rings. The number of nitro groups is 1. The molecule has 2 aromatic heterocycles. The maximum absolute atomic E-state index is 13.0. The molecule has 1 aliphatic rings. The highest BCUT2D eigenvalue weighted by Crippen LogP contribution is 2.32. The van der Waals surface area contributed by atoms with E-state index in [1.807, 2.05) is 23.1 Å². The summed E-state index contributed by atoms with van der Waals surface area (Å²) in [5.74, 6) is -0.0328. The van der Waals surface area contributed by atoms with Crippen LogP contribution in [-0.4, -0.2) is 46.9 Å². The molecule has 152 valence electrons. The van der Waals surface area contributed by atoms with Gasteiger partial charge in [-0.1, -0.05) is 22.9 Å². The third kappa shape index (κ3) is 3.49. The average Bonchev–Trinajstić information content (AvgIpc) is 3.36. The number of anilines is 1. The molecule has 0 radical (unpaired) electrons. The molecule has 5 rings (SSSR count). The van der Waals surface area contributed by atoms with E-state index in [0.29, 0.717) is 36.1 Å². The summed E-state index contributed by atoms with van der Waals surface area (Å²) >= 11 is 9.04. The van der Waals surface area contributed by atoms with Gasteiger partial charge in [0, 0.05) is 53.4 Å². The number of thiazole rings is 1. The van der Waals surface area contributed by atoms with Gasteiger partial charge in [0.05, 0.1) is 20.0 Å². The molecule has 0 unspecified atom stereocenters. The van der Waals surface area contributed by atoms with Crippen LogP contribution in [0.4, 0.5) is 10.8 Å². The molecule has 2 aromatic carbocycles. The van der Waals surface area contributed by atoms with E-state index in [2.05, 4.69) is 9.88 Å². The first-order chi connectivity index (χ1) is 14.5. The van der Waals surface area contributed by atoms with E-state index < -0.39 is 4.92 Å². The molecule has 0 bridgehead atoms. The normalized spacial score (nSPS) is 14.6. The number of benzene rings is 2. The Kier molecular flexibility index (Phi) is 4.80. The third-order valence-corrected chi connectivity index (χ3v) is 7.52. The van der Waals surface area contributed by atoms with Crippen molar-refractivity contribution in [3.8, 4) is 0 Å². The number of halogens is 1. The van der Waals surface area contributed by atoms with E-state index in [4.69, 9.17) is 11.6 Å². The zero-order chi connectivity index (χ0) is 20.8. The minimum absolute atomic E-state index is 0.0324. The van der Waals surface area contributed by atoms with Crippen molar-refractivity contribution in [2.45, 2.75) is 0 Å². The predicted molar refractivity (Wildman–Crippen MR) is 121 cm³/mol. The number of fused-ring (bicyclic) bond motifs is 2. The molecule has 0 spiro atoms. The topological polar surface area (TPSA) is 79.6 Å². The van der Waals surface area contributed by atoms with Gasteiger partial charge in [-0.05, 0) is 30.3 Å². The first-order valence-electron chi connectivity index (χ1n) is 9.26. The van der Waals surface area contributed by atoms with E-state index in [1.165, 1.54) is 23.5 Å². The fraction of sp³-hybridized carbons (Fsp3) is 0.200. The molecular weight excluding hydrogens is 444 g/mol. The lowest BCUT2D eigenvalue weighted by atomic mass is 10.2. The van der Waals surface area contributed by atoms with Crippen LogP contribution in [-0.2, 0) is 0 Å². The SMILES string of the molecule is O=C(c1cc2cc([N+](=O)[O-])ccc2s1)N1CCN(c2nc3ccc(Cl)cc3s2)CC1. The molecule has 4 aromatic rings. The van der Waals surface area contributed by atoms with Crippen LogP contribution >= 0.6 is 34.3 Å². The summed E-state index contributed by atoms with van der Waals surface area (Å²) in [5.41, 5.74) is 0.960. The predicted octanol–water partition coefficient (Wildman–Crippen LogP) is 5.04. The first kappa shape index (κ1) is 19.2. The van der Waals surface area contributed by atoms with Gasteiger partial charge in [-0.3, -0.25) is 14.9 Å². The number of rotatable bonds is 3. The van der Waals surface area contributed by atoms with Gasteiger partial charge < -0.3 is 9.80 Å². The van der Waals surface area contributed by atoms with E-state index in [0.717, 1.165) is 25.4 Å². The molecule has 0 atom stereocenters. The third-order valence-electron chi connectivity index (χ3n) is 5.10. The molecule has 0 N–H and O–H groups in total. The number of thiophene rings is 1. The highest BCUT2D eigenvalue weighted by molar-refractivity contribution is 7.22. The molecule has 3 heterocycles. The van der Waals surface area contributed by atoms with Gasteiger partial charge in [-0.2, -0.15) is 0 Å². The van der Waals surface area contributed by atoms with Crippen molar-refractivity contribution in [2.24, 2.45) is 0 Å². The molecule has 1 saturated heterocycles. The number of hydrogen-bond donors (Lipinski definition) is 0. The molecule has 7 nitrogen and oxygen atoms in total. The van der Waals surface area contributed by atoms with Crippen molar-refractivity contribution >= 4 is 71.3 Å². The van der Waals surface area contributed by atoms with Crippen LogP contribution in [0, 0.1) is 10.1 Å². The lowest BCUT2D eigenvalue weighted by molar-refractivity contribution is -0.384. The second-order valence-corrected chi connectivity index (χ2v) is 9.51. The Morgan fingerprint density at radius 3 is 2.60 bits per heavy atom. The van der Waals surface area contributed by atoms with Crippen LogP contribution in [0.15, 0.2) is 42.5 Å². The Morgan fingerprint density at radius 1 is 1.03 bits per heavy atom. The number of hydrogen-bond acceptors (Lipinski definition) is 7. The van der Waals surface area contributed by atoms with E-state index in [9.17, 15) is 14.9 Å². The summed E-state index contributed by atoms with van der Waals surface area (Å²) in [6.07, 6.45) is 0. The van der Waals surface area contributed by atoms with Crippen molar-refractivity contribution < 1.29 is 9.72 Å². The summed E-state index contributed by atoms with van der Waals surface area (Å²) < 4.78 is 1.92. The van der Waals surface area contributed by atoms with Crippen LogP contribution in [0.2, 0.25) is 5.02 Å². The zero-order valence-electron chi connectivity index (χ0n) is 15.6. The van der Waals surface area contributed by atoms with E-state index >= 15 is 0 Å². The van der Waals surface area contributed by atoms with Gasteiger partial charge in [0.1, 0.15) is 0 Å². The fourth-order valence-corrected chi connectivity index (χ4v) is 5.83. The lowest BCUT2D eigenvalue weighted by Crippen LogP contribution is -2.48. The summed E-state index contributed by atoms with van der Waals surface area (Å²) in [5, 5.41) is 13.3. The minimum Gasteiger partial charge on any atom is -0.345 e. The van der Waals surface area contributed by atoms with Crippen molar-refractivity contribution in [1.29, 1.82) is 0 Å². The Labute approximate surface area is 184 Å². The number of aromatic nitrogens is 1. The summed E-state index contributed by atoms with van der Waals surface area (Å²) in [4.78, 5) is 32.8. The highest BCUT2D eigenvalue weighted by Gasteiger charge is 2.25. The lowest BCUT2D eigenvalue weighted by Gasteiger charge is -2.34. The number of carbonyl (C=O) groups is 1. The Bertz CT molecular complexity index is 1290. The van der Waals surface area contributed by atoms with Crippen LogP contribution < -0.4 is 4.90 Å². The van der Waals surface area contributed by atoms with Crippen molar-refractivity contribution in [3.63, 3.8) is 0 Å². The van der Waals surface area contributed by atoms with Crippen molar-refractivity contribution in [3.05, 3.63) is 62.5 Å². The van der Waals surface area contributed by atoms with Gasteiger partial charge in [0.2, 0.25) is 0 Å². The molecule has 30 heavy (non-hydrogen) atoms. The fourth-order valence-electron chi connectivity index (χ4n) is 3.53. The minimum atomic E-state index is -0.423. The number of amides is 1. The smallest absolute Gasteiger partial charge is 0.270 e. The number of carbonyl (C=O) groups excluding carboxylic acids is 1. The van der Waals surface area contributed by atoms with Crippen molar-refractivity contribution in [2.75, 3.05) is 31.1 Å². The van der Waals surface area contributed by atoms with E-state index in [-0.39, 0.29) is 11.6 Å². The molecule has 0 saturated carbocycles. The molecule has 0 aliphatic carbocycles. The number of piperazine rings is 1. The van der Waals surface area contributed by atoms with Gasteiger partial charge in [0.15, 0.2) is 5.13 Å². The largest absolute Gasteiger partial charge is 0.345 e. The maximum Gasteiger partial charge on any atom is 0.270 e. The molecular formula is C20H15ClN4O3S2. The number of non-ortho nitro benzene ring substituents is 1. The number of nitro benzene ring substituents is 1. The van der Waals surface area contributed by atoms with Gasteiger partial charge in [-0.25, -0.2) is 4.98 Å². The average molecular weight is 459 g/mol. The van der Waals surface area contributed by atoms with Gasteiger partial charge in [0.25, 0.3) is 11.6 Å². The Morgan fingerprint density at radius 2 is 1.83 bits per heavy atom. The molecule has 10 heteroatoms. The standard InChI is InChI=1S/C20H15ClN4O3S2/c21-13-1-3-15-17(11-13)30-20(22-15)24-7-5-23(6-8-24)19(26)18-10-12-9-14(25(27)28)2-4-16(12)29-18/h1-4,9-11H,5-8H2. The van der Waals surface area contributed by atoms with E-state index in [1.54, 1.807) is 23.5 Å². The Hall–Kier alpha value is -2.75. The van der Waals surface area contributed by atoms with Crippen LogP contribution in [0.25, 0.3) is 20.3 Å². The highest BCUT2D eigenvalue weighted by atomic mass is 35.5. The molecule has 1 amide bonds. The second-order valence-electron chi connectivity index (χ2n) is 6.98. The second kappa shape index (κ2) is 7.50. The van der Waals surface area contributed by atoms with Gasteiger partial charge >= 0.3 is 0 Å². The van der Waals surface area contributed by atoms with Crippen LogP contribution in [0.1, 0.15) is 9.67 Å². The summed E-state index contributed by atoms with van der Waals surface area (Å²) in [6.45, 7) is 2.61. The summed E-state index contributed by atoms with van der Waals surface area (Å²) in [6, 6.07) is 12.1. The Balaban J connectivity index is 1.30. The summed E-state index contributed by atoms with van der Waals surface area (Å²) in [7, 11) is 0. The molecule has 1 aliphatic heterocycles. The van der Waals surface area contributed by atoms with Crippen molar-refractivity contribution in [1.82, 2.24) is 9.88 Å². The first-order valence-corrected chi connectivity index (χ1v) is 11.3. The monoisotopic (exact) mass is 458 g/mol. The quantitative estimate of drug-likeness (QED) is 0.317. The zero-order valence-corrected chi connectivity index (χ0v) is 18.0. The maximum atomic E-state index is 13.0. The van der Waals surface area contributed by atoms with Gasteiger partial charge in [-0.15, -0.1) is 11.3 Å².